The molecular weight excluding hydrogens is 152 g/mol. The van der Waals surface area contributed by atoms with Crippen molar-refractivity contribution >= 4 is 5.91 Å². The van der Waals surface area contributed by atoms with Crippen LogP contribution in [-0.2, 0) is 4.79 Å². The van der Waals surface area contributed by atoms with Crippen molar-refractivity contribution in [2.24, 2.45) is 5.73 Å². The van der Waals surface area contributed by atoms with Crippen LogP contribution in [0.5, 0.6) is 0 Å². The molecule has 2 N–H and O–H groups in total. The second-order valence-corrected chi connectivity index (χ2v) is 3.84. The Morgan fingerprint density at radius 1 is 1.58 bits per heavy atom. The highest BCUT2D eigenvalue weighted by Crippen LogP contribution is 2.34. The van der Waals surface area contributed by atoms with Crippen LogP contribution in [0.15, 0.2) is 0 Å². The molecule has 12 heavy (non-hydrogen) atoms. The van der Waals surface area contributed by atoms with Crippen LogP contribution in [-0.4, -0.2) is 28.9 Å². The highest BCUT2D eigenvalue weighted by Gasteiger charge is 2.48. The number of amides is 1. The number of carbonyl (C=O) groups excluding carboxylic acids is 1. The zero-order valence-corrected chi connectivity index (χ0v) is 8.13. The molecule has 0 aromatic heterocycles. The van der Waals surface area contributed by atoms with E-state index in [1.165, 1.54) is 0 Å². The van der Waals surface area contributed by atoms with E-state index >= 15 is 0 Å². The topological polar surface area (TPSA) is 46.3 Å². The maximum absolute atomic E-state index is 11.7. The van der Waals surface area contributed by atoms with Gasteiger partial charge in [-0.05, 0) is 33.6 Å². The Kier molecular flexibility index (Phi) is 2.42. The zero-order valence-electron chi connectivity index (χ0n) is 8.13. The van der Waals surface area contributed by atoms with Crippen LogP contribution in [0.1, 0.15) is 33.6 Å². The van der Waals surface area contributed by atoms with E-state index in [9.17, 15) is 4.79 Å². The average molecular weight is 170 g/mol. The standard InChI is InChI=1S/C9H18N2O/c1-4-11(7(2)3)8(12)9(10)5-6-9/h7H,4-6,10H2,1-3H3. The van der Waals surface area contributed by atoms with E-state index in [4.69, 9.17) is 5.73 Å². The summed E-state index contributed by atoms with van der Waals surface area (Å²) in [5, 5.41) is 0. The molecule has 1 aliphatic carbocycles. The highest BCUT2D eigenvalue weighted by atomic mass is 16.2. The lowest BCUT2D eigenvalue weighted by atomic mass is 10.2. The summed E-state index contributed by atoms with van der Waals surface area (Å²) in [6.07, 6.45) is 1.71. The van der Waals surface area contributed by atoms with Crippen molar-refractivity contribution in [1.29, 1.82) is 0 Å². The molecular formula is C9H18N2O. The van der Waals surface area contributed by atoms with E-state index in [1.807, 2.05) is 25.7 Å². The molecule has 1 fully saturated rings. The van der Waals surface area contributed by atoms with Crippen molar-refractivity contribution in [2.45, 2.75) is 45.2 Å². The highest BCUT2D eigenvalue weighted by molar-refractivity contribution is 5.89. The lowest BCUT2D eigenvalue weighted by Gasteiger charge is -2.27. The summed E-state index contributed by atoms with van der Waals surface area (Å²) < 4.78 is 0. The van der Waals surface area contributed by atoms with Gasteiger partial charge in [0.15, 0.2) is 0 Å². The molecule has 3 heteroatoms. The molecule has 0 atom stereocenters. The van der Waals surface area contributed by atoms with Crippen LogP contribution < -0.4 is 5.73 Å². The fourth-order valence-corrected chi connectivity index (χ4v) is 1.38. The van der Waals surface area contributed by atoms with Crippen molar-refractivity contribution in [2.75, 3.05) is 6.54 Å². The molecule has 1 rings (SSSR count). The van der Waals surface area contributed by atoms with Gasteiger partial charge in [0.2, 0.25) is 5.91 Å². The Morgan fingerprint density at radius 3 is 2.33 bits per heavy atom. The van der Waals surface area contributed by atoms with Gasteiger partial charge in [-0.15, -0.1) is 0 Å². The van der Waals surface area contributed by atoms with Crippen LogP contribution in [0.2, 0.25) is 0 Å². The maximum Gasteiger partial charge on any atom is 0.242 e. The number of likely N-dealkylation sites (N-methyl/N-ethyl adjacent to an activating group) is 1. The second kappa shape index (κ2) is 3.05. The summed E-state index contributed by atoms with van der Waals surface area (Å²) in [5.41, 5.74) is 5.31. The van der Waals surface area contributed by atoms with E-state index in [2.05, 4.69) is 0 Å². The van der Waals surface area contributed by atoms with Gasteiger partial charge in [0, 0.05) is 12.6 Å². The number of nitrogens with zero attached hydrogens (tertiary/aromatic N) is 1. The molecule has 1 aliphatic rings. The third kappa shape index (κ3) is 1.61. The van der Waals surface area contributed by atoms with Gasteiger partial charge < -0.3 is 10.6 Å². The number of nitrogens with two attached hydrogens (primary N) is 1. The molecule has 0 spiro atoms. The van der Waals surface area contributed by atoms with Crippen LogP contribution in [0.3, 0.4) is 0 Å². The first kappa shape index (κ1) is 9.52. The Hall–Kier alpha value is -0.570. The van der Waals surface area contributed by atoms with Crippen LogP contribution in [0.4, 0.5) is 0 Å². The van der Waals surface area contributed by atoms with Crippen LogP contribution >= 0.6 is 0 Å². The molecule has 0 bridgehead atoms. The number of carbonyl (C=O) groups is 1. The largest absolute Gasteiger partial charge is 0.339 e. The smallest absolute Gasteiger partial charge is 0.242 e. The van der Waals surface area contributed by atoms with E-state index < -0.39 is 5.54 Å². The summed E-state index contributed by atoms with van der Waals surface area (Å²) in [6, 6.07) is 0.267. The van der Waals surface area contributed by atoms with Gasteiger partial charge in [0.05, 0.1) is 5.54 Å². The first-order valence-electron chi connectivity index (χ1n) is 4.61. The Labute approximate surface area is 73.9 Å². The Morgan fingerprint density at radius 2 is 2.08 bits per heavy atom. The molecule has 0 aromatic rings. The number of hydrogen-bond acceptors (Lipinski definition) is 2. The molecule has 0 heterocycles. The molecule has 0 radical (unpaired) electrons. The van der Waals surface area contributed by atoms with Crippen molar-refractivity contribution in [3.8, 4) is 0 Å². The van der Waals surface area contributed by atoms with Gasteiger partial charge in [0.1, 0.15) is 0 Å². The molecule has 70 valence electrons. The lowest BCUT2D eigenvalue weighted by Crippen LogP contribution is -2.48. The molecule has 0 aliphatic heterocycles. The minimum absolute atomic E-state index is 0.125. The summed E-state index contributed by atoms with van der Waals surface area (Å²) in [6.45, 7) is 6.79. The third-order valence-corrected chi connectivity index (χ3v) is 2.44. The number of rotatable bonds is 3. The molecule has 0 aromatic carbocycles. The third-order valence-electron chi connectivity index (χ3n) is 2.44. The fraction of sp³-hybridized carbons (Fsp3) is 0.889. The van der Waals surface area contributed by atoms with Gasteiger partial charge >= 0.3 is 0 Å². The second-order valence-electron chi connectivity index (χ2n) is 3.84. The molecule has 1 saturated carbocycles. The zero-order chi connectivity index (χ0) is 9.35. The molecule has 0 saturated heterocycles. The van der Waals surface area contributed by atoms with Gasteiger partial charge in [-0.3, -0.25) is 4.79 Å². The minimum Gasteiger partial charge on any atom is -0.339 e. The minimum atomic E-state index is -0.500. The molecule has 0 unspecified atom stereocenters. The average Bonchev–Trinajstić information content (AvgIpc) is 2.70. The Bertz CT molecular complexity index is 185. The fourth-order valence-electron chi connectivity index (χ4n) is 1.38. The first-order chi connectivity index (χ1) is 5.51. The molecule has 1 amide bonds. The van der Waals surface area contributed by atoms with Gasteiger partial charge in [-0.25, -0.2) is 0 Å². The quantitative estimate of drug-likeness (QED) is 0.679. The summed E-state index contributed by atoms with van der Waals surface area (Å²) in [7, 11) is 0. The monoisotopic (exact) mass is 170 g/mol. The molecule has 3 nitrogen and oxygen atoms in total. The van der Waals surface area contributed by atoms with E-state index in [0.29, 0.717) is 0 Å². The van der Waals surface area contributed by atoms with Crippen LogP contribution in [0.25, 0.3) is 0 Å². The van der Waals surface area contributed by atoms with Crippen LogP contribution in [0, 0.1) is 0 Å². The first-order valence-corrected chi connectivity index (χ1v) is 4.61. The van der Waals surface area contributed by atoms with Crippen molar-refractivity contribution in [3.63, 3.8) is 0 Å². The van der Waals surface area contributed by atoms with Crippen molar-refractivity contribution in [1.82, 2.24) is 4.90 Å². The van der Waals surface area contributed by atoms with E-state index in [1.54, 1.807) is 0 Å². The van der Waals surface area contributed by atoms with Gasteiger partial charge in [0.25, 0.3) is 0 Å². The van der Waals surface area contributed by atoms with E-state index in [-0.39, 0.29) is 11.9 Å². The lowest BCUT2D eigenvalue weighted by molar-refractivity contribution is -0.135. The summed E-state index contributed by atoms with van der Waals surface area (Å²) >= 11 is 0. The summed E-state index contributed by atoms with van der Waals surface area (Å²) in [5.74, 6) is 0.125. The predicted molar refractivity (Wildman–Crippen MR) is 48.7 cm³/mol. The maximum atomic E-state index is 11.7. The summed E-state index contributed by atoms with van der Waals surface area (Å²) in [4.78, 5) is 13.5. The van der Waals surface area contributed by atoms with E-state index in [0.717, 1.165) is 19.4 Å². The Balaban J connectivity index is 2.60. The normalized spacial score (nSPS) is 19.4. The van der Waals surface area contributed by atoms with Gasteiger partial charge in [-0.2, -0.15) is 0 Å². The van der Waals surface area contributed by atoms with Crippen molar-refractivity contribution < 1.29 is 4.79 Å². The predicted octanol–water partition coefficient (Wildman–Crippen LogP) is 0.735. The van der Waals surface area contributed by atoms with Crippen molar-refractivity contribution in [3.05, 3.63) is 0 Å². The SMILES string of the molecule is CCN(C(=O)C1(N)CC1)C(C)C. The van der Waals surface area contributed by atoms with Gasteiger partial charge in [-0.1, -0.05) is 0 Å². The number of hydrogen-bond donors (Lipinski definition) is 1.